The number of hydrogen-bond donors (Lipinski definition) is 2. The minimum atomic E-state index is -1.03. The molecule has 0 aliphatic rings. The molecule has 0 radical (unpaired) electrons. The van der Waals surface area contributed by atoms with E-state index in [9.17, 15) is 14.7 Å². The van der Waals surface area contributed by atoms with Crippen molar-refractivity contribution in [1.29, 1.82) is 0 Å². The highest BCUT2D eigenvalue weighted by atomic mass is 32.1. The lowest BCUT2D eigenvalue weighted by atomic mass is 9.64. The van der Waals surface area contributed by atoms with E-state index < -0.39 is 49.9 Å². The Morgan fingerprint density at radius 3 is 1.30 bits per heavy atom. The topological polar surface area (TPSA) is 108 Å². The van der Waals surface area contributed by atoms with Crippen LogP contribution >= 0.6 is 12.6 Å². The first-order chi connectivity index (χ1) is 27.8. The molecule has 4 aromatic carbocycles. The maximum absolute atomic E-state index is 13.0. The van der Waals surface area contributed by atoms with E-state index in [0.717, 1.165) is 21.9 Å². The number of benzene rings is 4. The van der Waals surface area contributed by atoms with Crippen molar-refractivity contribution in [2.75, 3.05) is 0 Å². The van der Waals surface area contributed by atoms with Crippen molar-refractivity contribution in [3.63, 3.8) is 0 Å². The monoisotopic (exact) mass is 832 g/mol. The molecule has 2 aromatic heterocycles. The zero-order chi connectivity index (χ0) is 43.9. The van der Waals surface area contributed by atoms with Gasteiger partial charge in [-0.3, -0.25) is 0 Å². The third-order valence-corrected chi connectivity index (χ3v) is 11.0. The fraction of sp³-hybridized carbons (Fsp3) is 0.412. The van der Waals surface area contributed by atoms with Crippen molar-refractivity contribution in [3.8, 4) is 33.8 Å². The summed E-state index contributed by atoms with van der Waals surface area (Å²) in [6.45, 7) is 22.3. The van der Waals surface area contributed by atoms with Crippen molar-refractivity contribution < 1.29 is 28.2 Å². The first-order valence-electron chi connectivity index (χ1n) is 20.6. The molecule has 0 bridgehead atoms. The van der Waals surface area contributed by atoms with Crippen molar-refractivity contribution in [3.05, 3.63) is 130 Å². The average Bonchev–Trinajstić information content (AvgIpc) is 3.11. The Bertz CT molecular complexity index is 2390. The molecule has 0 fully saturated rings. The molecule has 2 heterocycles. The lowest BCUT2D eigenvalue weighted by molar-refractivity contribution is -0.172. The van der Waals surface area contributed by atoms with Crippen LogP contribution in [0.4, 0.5) is 0 Å². The third-order valence-electron chi connectivity index (χ3n) is 10.7. The van der Waals surface area contributed by atoms with Crippen LogP contribution in [0, 0.1) is 10.8 Å². The van der Waals surface area contributed by atoms with Crippen LogP contribution in [0.5, 0.6) is 11.5 Å². The maximum Gasteiger partial charge on any atom is 0.344 e. The summed E-state index contributed by atoms with van der Waals surface area (Å²) in [5.74, 6) is 1.16. The standard InChI is InChI=1S/C51H60O8S/c1-46(2,30-49(7,8)57-37-24-22-35-26-39(33-18-14-12-15-19-33)43(52)55-41(35)28-37)45(59-51(11,60)32-48(5,6)54)47(3,4)31-50(9,10)58-38-25-23-36-27-40(34-20-16-13-17-21-34)44(53)56-42(36)29-38/h12-29,45,54,60H,30-32H2,1-11H3. The summed E-state index contributed by atoms with van der Waals surface area (Å²) in [4.78, 5) is 25.1. The van der Waals surface area contributed by atoms with E-state index in [1.807, 2.05) is 132 Å². The molecule has 1 N–H and O–H groups in total. The Kier molecular flexibility index (Phi) is 12.3. The van der Waals surface area contributed by atoms with Gasteiger partial charge in [-0.25, -0.2) is 9.59 Å². The molecule has 6 aromatic rings. The highest BCUT2D eigenvalue weighted by Gasteiger charge is 2.50. The molecule has 0 spiro atoms. The summed E-state index contributed by atoms with van der Waals surface area (Å²) in [7, 11) is 0. The van der Waals surface area contributed by atoms with Gasteiger partial charge in [0.05, 0.1) is 22.8 Å². The van der Waals surface area contributed by atoms with Gasteiger partial charge in [0.15, 0.2) is 0 Å². The van der Waals surface area contributed by atoms with Crippen molar-refractivity contribution in [2.45, 2.75) is 123 Å². The predicted molar refractivity (Wildman–Crippen MR) is 245 cm³/mol. The Balaban J connectivity index is 1.24. The zero-order valence-electron chi connectivity index (χ0n) is 36.8. The van der Waals surface area contributed by atoms with Crippen LogP contribution in [-0.4, -0.2) is 32.9 Å². The van der Waals surface area contributed by atoms with Gasteiger partial charge < -0.3 is 28.2 Å². The summed E-state index contributed by atoms with van der Waals surface area (Å²) in [6, 6.07) is 33.8. The molecule has 9 heteroatoms. The molecule has 318 valence electrons. The van der Waals surface area contributed by atoms with Crippen molar-refractivity contribution in [2.24, 2.45) is 10.8 Å². The van der Waals surface area contributed by atoms with Crippen LogP contribution in [0.3, 0.4) is 0 Å². The second-order valence-corrected chi connectivity index (χ2v) is 20.7. The molecule has 8 nitrogen and oxygen atoms in total. The van der Waals surface area contributed by atoms with Gasteiger partial charge in [-0.15, -0.1) is 12.6 Å². The van der Waals surface area contributed by atoms with Crippen molar-refractivity contribution in [1.82, 2.24) is 0 Å². The van der Waals surface area contributed by atoms with Gasteiger partial charge in [0.25, 0.3) is 0 Å². The number of hydrogen-bond acceptors (Lipinski definition) is 9. The van der Waals surface area contributed by atoms with Crippen LogP contribution in [-0.2, 0) is 4.74 Å². The van der Waals surface area contributed by atoms with E-state index in [4.69, 9.17) is 35.7 Å². The van der Waals surface area contributed by atoms with E-state index in [1.54, 1.807) is 26.0 Å². The van der Waals surface area contributed by atoms with Gasteiger partial charge in [-0.05, 0) is 120 Å². The maximum atomic E-state index is 13.0. The van der Waals surface area contributed by atoms with Crippen LogP contribution in [0.1, 0.15) is 95.4 Å². The summed E-state index contributed by atoms with van der Waals surface area (Å²) in [6.07, 6.45) is 0.989. The molecular formula is C51H60O8S. The lowest BCUT2D eigenvalue weighted by Crippen LogP contribution is -2.53. The third kappa shape index (κ3) is 11.1. The Morgan fingerprint density at radius 1 is 0.550 bits per heavy atom. The van der Waals surface area contributed by atoms with E-state index in [1.165, 1.54) is 0 Å². The summed E-state index contributed by atoms with van der Waals surface area (Å²) in [5.41, 5.74) is -0.813. The molecule has 1 atom stereocenters. The smallest absolute Gasteiger partial charge is 0.344 e. The van der Waals surface area contributed by atoms with E-state index in [0.29, 0.717) is 46.6 Å². The zero-order valence-corrected chi connectivity index (χ0v) is 37.7. The highest BCUT2D eigenvalue weighted by molar-refractivity contribution is 7.81. The first-order valence-corrected chi connectivity index (χ1v) is 21.0. The quantitative estimate of drug-likeness (QED) is 0.0564. The number of rotatable bonds is 16. The van der Waals surface area contributed by atoms with Gasteiger partial charge in [0.2, 0.25) is 0 Å². The number of thiol groups is 1. The molecule has 60 heavy (non-hydrogen) atoms. The van der Waals surface area contributed by atoms with Crippen LogP contribution in [0.25, 0.3) is 44.2 Å². The Labute approximate surface area is 359 Å². The molecule has 6 rings (SSSR count). The van der Waals surface area contributed by atoms with E-state index >= 15 is 0 Å². The minimum Gasteiger partial charge on any atom is -0.488 e. The largest absolute Gasteiger partial charge is 0.488 e. The molecule has 0 aliphatic heterocycles. The first kappa shape index (κ1) is 44.7. The number of aliphatic hydroxyl groups is 1. The molecule has 0 saturated heterocycles. The second-order valence-electron chi connectivity index (χ2n) is 19.7. The normalized spacial score (nSPS) is 14.1. The minimum absolute atomic E-state index is 0.286. The summed E-state index contributed by atoms with van der Waals surface area (Å²) < 4.78 is 32.1. The molecule has 0 aliphatic carbocycles. The van der Waals surface area contributed by atoms with E-state index in [2.05, 4.69) is 27.7 Å². The Morgan fingerprint density at radius 2 is 0.933 bits per heavy atom. The van der Waals surface area contributed by atoms with Gasteiger partial charge in [-0.2, -0.15) is 0 Å². The number of fused-ring (bicyclic) bond motifs is 2. The Hall–Kier alpha value is -4.83. The van der Waals surface area contributed by atoms with Crippen LogP contribution < -0.4 is 20.7 Å². The molecule has 1 unspecified atom stereocenters. The number of ether oxygens (including phenoxy) is 3. The van der Waals surface area contributed by atoms with Gasteiger partial charge in [-0.1, -0.05) is 88.4 Å². The van der Waals surface area contributed by atoms with Crippen LogP contribution in [0.2, 0.25) is 0 Å². The van der Waals surface area contributed by atoms with Crippen LogP contribution in [0.15, 0.2) is 128 Å². The van der Waals surface area contributed by atoms with Gasteiger partial charge in [0.1, 0.15) is 38.8 Å². The predicted octanol–water partition coefficient (Wildman–Crippen LogP) is 12.3. The second kappa shape index (κ2) is 16.6. The lowest BCUT2D eigenvalue weighted by Gasteiger charge is -2.51. The SMILES string of the molecule is CC(C)(O)CC(C)(S)OC(C(C)(C)CC(C)(C)Oc1ccc2cc(-c3ccccc3)c(=O)oc2c1)C(C)(C)CC(C)(C)Oc1ccc2cc(-c3ccccc3)c(=O)oc2c1. The van der Waals surface area contributed by atoms with E-state index in [-0.39, 0.29) is 6.42 Å². The fourth-order valence-corrected chi connectivity index (χ4v) is 10.0. The molecular weight excluding hydrogens is 773 g/mol. The van der Waals surface area contributed by atoms with Gasteiger partial charge in [0, 0.05) is 29.3 Å². The average molecular weight is 833 g/mol. The molecule has 0 amide bonds. The van der Waals surface area contributed by atoms with Crippen molar-refractivity contribution >= 4 is 34.6 Å². The summed E-state index contributed by atoms with van der Waals surface area (Å²) in [5, 5.41) is 12.5. The molecule has 0 saturated carbocycles. The van der Waals surface area contributed by atoms with Gasteiger partial charge >= 0.3 is 11.3 Å². The summed E-state index contributed by atoms with van der Waals surface area (Å²) >= 11 is 5.00. The highest BCUT2D eigenvalue weighted by Crippen LogP contribution is 2.49. The fourth-order valence-electron chi connectivity index (χ4n) is 9.51.